The Morgan fingerprint density at radius 3 is 2.48 bits per heavy atom. The van der Waals surface area contributed by atoms with Crippen molar-refractivity contribution in [3.05, 3.63) is 83.9 Å². The summed E-state index contributed by atoms with van der Waals surface area (Å²) < 4.78 is 14.8. The van der Waals surface area contributed by atoms with Crippen LogP contribution in [0.15, 0.2) is 72.0 Å². The van der Waals surface area contributed by atoms with Crippen molar-refractivity contribution in [2.75, 3.05) is 18.4 Å². The molecule has 0 saturated heterocycles. The number of amides is 1. The molecule has 0 aliphatic rings. The molecule has 3 rings (SSSR count). The number of benzene rings is 2. The monoisotopic (exact) mass is 536 g/mol. The lowest BCUT2D eigenvalue weighted by Crippen LogP contribution is -2.41. The van der Waals surface area contributed by atoms with Crippen molar-refractivity contribution in [3.63, 3.8) is 0 Å². The molecule has 0 fully saturated rings. The molecule has 0 radical (unpaired) electrons. The van der Waals surface area contributed by atoms with Crippen molar-refractivity contribution in [2.24, 2.45) is 4.99 Å². The van der Waals surface area contributed by atoms with Gasteiger partial charge >= 0.3 is 0 Å². The molecule has 1 aromatic heterocycles. The van der Waals surface area contributed by atoms with E-state index in [0.29, 0.717) is 31.3 Å². The third kappa shape index (κ3) is 8.00. The Morgan fingerprint density at radius 1 is 1.06 bits per heavy atom. The van der Waals surface area contributed by atoms with Crippen LogP contribution in [0.1, 0.15) is 18.1 Å². The number of carbonyl (C=O) groups excluding carboxylic acids is 1. The van der Waals surface area contributed by atoms with Gasteiger partial charge in [0.05, 0.1) is 19.6 Å². The molecule has 0 aliphatic carbocycles. The smallest absolute Gasteiger partial charge is 0.243 e. The standard InChI is InChI=1S/C22H25FN6O.HI/c1-2-24-22(26-15-21(30)28-20-10-8-19(23)9-11-20)25-14-17-6-3-4-7-18(17)16-29-13-5-12-27-29;/h3-13H,2,14-16H2,1H3,(H,28,30)(H2,24,25,26);1H. The minimum atomic E-state index is -0.347. The Kier molecular flexibility index (Phi) is 9.95. The first-order valence-electron chi connectivity index (χ1n) is 9.76. The van der Waals surface area contributed by atoms with Gasteiger partial charge in [-0.3, -0.25) is 9.48 Å². The van der Waals surface area contributed by atoms with Crippen molar-refractivity contribution in [1.29, 1.82) is 0 Å². The zero-order valence-electron chi connectivity index (χ0n) is 17.2. The zero-order valence-corrected chi connectivity index (χ0v) is 19.5. The molecular formula is C22H26FIN6O. The topological polar surface area (TPSA) is 83.3 Å². The predicted octanol–water partition coefficient (Wildman–Crippen LogP) is 3.38. The van der Waals surface area contributed by atoms with Crippen LogP contribution in [-0.4, -0.2) is 34.7 Å². The summed E-state index contributed by atoms with van der Waals surface area (Å²) in [4.78, 5) is 16.8. The minimum absolute atomic E-state index is 0. The van der Waals surface area contributed by atoms with Gasteiger partial charge in [-0.15, -0.1) is 24.0 Å². The molecule has 2 aromatic carbocycles. The van der Waals surface area contributed by atoms with Crippen molar-refractivity contribution in [2.45, 2.75) is 20.0 Å². The van der Waals surface area contributed by atoms with Gasteiger partial charge in [-0.05, 0) is 48.4 Å². The summed E-state index contributed by atoms with van der Waals surface area (Å²) in [5, 5.41) is 13.1. The average Bonchev–Trinajstić information content (AvgIpc) is 3.26. The van der Waals surface area contributed by atoms with E-state index in [1.807, 2.05) is 42.1 Å². The summed E-state index contributed by atoms with van der Waals surface area (Å²) in [6.45, 7) is 3.80. The maximum Gasteiger partial charge on any atom is 0.243 e. The largest absolute Gasteiger partial charge is 0.357 e. The molecule has 164 valence electrons. The van der Waals surface area contributed by atoms with Crippen LogP contribution in [0.5, 0.6) is 0 Å². The Bertz CT molecular complexity index is 976. The van der Waals surface area contributed by atoms with Gasteiger partial charge in [0.2, 0.25) is 5.91 Å². The number of nitrogens with one attached hydrogen (secondary N) is 3. The van der Waals surface area contributed by atoms with Crippen LogP contribution in [0.25, 0.3) is 0 Å². The van der Waals surface area contributed by atoms with Crippen molar-refractivity contribution >= 4 is 41.5 Å². The number of aromatic nitrogens is 2. The first kappa shape index (κ1) is 24.3. The van der Waals surface area contributed by atoms with Crippen molar-refractivity contribution in [1.82, 2.24) is 20.4 Å². The zero-order chi connectivity index (χ0) is 21.2. The second kappa shape index (κ2) is 12.7. The van der Waals surface area contributed by atoms with E-state index in [1.165, 1.54) is 24.3 Å². The average molecular weight is 536 g/mol. The SMILES string of the molecule is CCNC(=NCc1ccccc1Cn1cccn1)NCC(=O)Nc1ccc(F)cc1.I. The van der Waals surface area contributed by atoms with Crippen LogP contribution in [0.3, 0.4) is 0 Å². The van der Waals surface area contributed by atoms with Gasteiger partial charge < -0.3 is 16.0 Å². The fourth-order valence-electron chi connectivity index (χ4n) is 2.84. The molecule has 7 nitrogen and oxygen atoms in total. The Hall–Kier alpha value is -2.95. The number of carbonyl (C=O) groups is 1. The summed E-state index contributed by atoms with van der Waals surface area (Å²) in [6, 6.07) is 15.6. The molecular weight excluding hydrogens is 510 g/mol. The van der Waals surface area contributed by atoms with Crippen LogP contribution in [-0.2, 0) is 17.9 Å². The van der Waals surface area contributed by atoms with Crippen molar-refractivity contribution in [3.8, 4) is 0 Å². The number of anilines is 1. The lowest BCUT2D eigenvalue weighted by molar-refractivity contribution is -0.115. The number of aliphatic imine (C=N–C) groups is 1. The Morgan fingerprint density at radius 2 is 1.81 bits per heavy atom. The summed E-state index contributed by atoms with van der Waals surface area (Å²) in [6.07, 6.45) is 3.68. The van der Waals surface area contributed by atoms with Gasteiger partial charge in [0.25, 0.3) is 0 Å². The van der Waals surface area contributed by atoms with E-state index in [1.54, 1.807) is 6.20 Å². The molecule has 0 unspecified atom stereocenters. The molecule has 1 heterocycles. The van der Waals surface area contributed by atoms with Gasteiger partial charge in [0.1, 0.15) is 5.82 Å². The van der Waals surface area contributed by atoms with E-state index in [4.69, 9.17) is 0 Å². The fourth-order valence-corrected chi connectivity index (χ4v) is 2.84. The lowest BCUT2D eigenvalue weighted by atomic mass is 10.1. The van der Waals surface area contributed by atoms with E-state index >= 15 is 0 Å². The molecule has 9 heteroatoms. The molecule has 1 amide bonds. The van der Waals surface area contributed by atoms with E-state index in [-0.39, 0.29) is 42.2 Å². The molecule has 0 spiro atoms. The highest BCUT2D eigenvalue weighted by Crippen LogP contribution is 2.12. The lowest BCUT2D eigenvalue weighted by Gasteiger charge is -2.13. The van der Waals surface area contributed by atoms with Gasteiger partial charge in [-0.1, -0.05) is 24.3 Å². The number of rotatable bonds is 8. The number of hydrogen-bond donors (Lipinski definition) is 3. The van der Waals surface area contributed by atoms with Crippen LogP contribution in [0.2, 0.25) is 0 Å². The second-order valence-electron chi connectivity index (χ2n) is 6.58. The fraction of sp³-hybridized carbons (Fsp3) is 0.227. The minimum Gasteiger partial charge on any atom is -0.357 e. The molecule has 0 bridgehead atoms. The summed E-state index contributed by atoms with van der Waals surface area (Å²) in [7, 11) is 0. The highest BCUT2D eigenvalue weighted by Gasteiger charge is 2.06. The third-order valence-corrected chi connectivity index (χ3v) is 4.31. The van der Waals surface area contributed by atoms with E-state index in [0.717, 1.165) is 11.1 Å². The summed E-state index contributed by atoms with van der Waals surface area (Å²) in [5.74, 6) is -0.0486. The first-order valence-corrected chi connectivity index (χ1v) is 9.76. The maximum absolute atomic E-state index is 13.0. The van der Waals surface area contributed by atoms with Crippen LogP contribution in [0, 0.1) is 5.82 Å². The number of halogens is 2. The second-order valence-corrected chi connectivity index (χ2v) is 6.58. The maximum atomic E-state index is 13.0. The summed E-state index contributed by atoms with van der Waals surface area (Å²) in [5.41, 5.74) is 2.76. The highest BCUT2D eigenvalue weighted by atomic mass is 127. The molecule has 0 saturated carbocycles. The number of hydrogen-bond acceptors (Lipinski definition) is 3. The van der Waals surface area contributed by atoms with E-state index in [2.05, 4.69) is 32.1 Å². The molecule has 3 aromatic rings. The molecule has 3 N–H and O–H groups in total. The molecule has 31 heavy (non-hydrogen) atoms. The van der Waals surface area contributed by atoms with Crippen LogP contribution < -0.4 is 16.0 Å². The van der Waals surface area contributed by atoms with Crippen molar-refractivity contribution < 1.29 is 9.18 Å². The highest BCUT2D eigenvalue weighted by molar-refractivity contribution is 14.0. The Balaban J connectivity index is 0.00000341. The van der Waals surface area contributed by atoms with Gasteiger partial charge in [0.15, 0.2) is 5.96 Å². The van der Waals surface area contributed by atoms with E-state index < -0.39 is 0 Å². The quantitative estimate of drug-likeness (QED) is 0.234. The number of nitrogens with zero attached hydrogens (tertiary/aromatic N) is 3. The molecule has 0 atom stereocenters. The number of guanidine groups is 1. The molecule has 0 aliphatic heterocycles. The first-order chi connectivity index (χ1) is 14.6. The summed E-state index contributed by atoms with van der Waals surface area (Å²) >= 11 is 0. The normalized spacial score (nSPS) is 10.8. The van der Waals surface area contributed by atoms with Crippen LogP contribution >= 0.6 is 24.0 Å². The Labute approximate surface area is 198 Å². The van der Waals surface area contributed by atoms with Gasteiger partial charge in [-0.25, -0.2) is 9.38 Å². The van der Waals surface area contributed by atoms with Gasteiger partial charge in [0, 0.05) is 24.6 Å². The van der Waals surface area contributed by atoms with Crippen LogP contribution in [0.4, 0.5) is 10.1 Å². The predicted molar refractivity (Wildman–Crippen MR) is 131 cm³/mol. The third-order valence-electron chi connectivity index (χ3n) is 4.31. The van der Waals surface area contributed by atoms with E-state index in [9.17, 15) is 9.18 Å². The van der Waals surface area contributed by atoms with Gasteiger partial charge in [-0.2, -0.15) is 5.10 Å².